The van der Waals surface area contributed by atoms with Gasteiger partial charge in [-0.1, -0.05) is 37.3 Å². The maximum atomic E-state index is 11.2. The summed E-state index contributed by atoms with van der Waals surface area (Å²) in [4.78, 5) is 16.3. The fourth-order valence-electron chi connectivity index (χ4n) is 3.39. The van der Waals surface area contributed by atoms with E-state index >= 15 is 0 Å². The maximum absolute atomic E-state index is 11.2. The molecule has 166 valence electrons. The topological polar surface area (TPSA) is 56.6 Å². The van der Waals surface area contributed by atoms with Crippen LogP contribution in [0.15, 0.2) is 48.1 Å². The lowest BCUT2D eigenvalue weighted by atomic mass is 10.1. The van der Waals surface area contributed by atoms with E-state index in [2.05, 4.69) is 47.6 Å². The average Bonchev–Trinajstić information content (AvgIpc) is 2.75. The summed E-state index contributed by atoms with van der Waals surface area (Å²) in [6.07, 6.45) is 15.2. The van der Waals surface area contributed by atoms with Crippen LogP contribution in [0.1, 0.15) is 52.4 Å². The molecular formula is C25H39N3O2. The van der Waals surface area contributed by atoms with Gasteiger partial charge in [0.15, 0.2) is 0 Å². The first-order valence-electron chi connectivity index (χ1n) is 11.2. The van der Waals surface area contributed by atoms with Crippen LogP contribution < -0.4 is 0 Å². The smallest absolute Gasteiger partial charge is 0.309 e. The monoisotopic (exact) mass is 413 g/mol. The molecule has 0 N–H and O–H groups in total. The largest absolute Gasteiger partial charge is 0.465 e. The van der Waals surface area contributed by atoms with Gasteiger partial charge in [-0.15, -0.1) is 6.58 Å². The van der Waals surface area contributed by atoms with Gasteiger partial charge in [-0.05, 0) is 51.1 Å². The summed E-state index contributed by atoms with van der Waals surface area (Å²) in [5, 5.41) is 9.17. The second-order valence-electron chi connectivity index (χ2n) is 7.61. The standard InChI is InChI=1S/C25H39N3O2/c1-4-12-24(22-26)23(3)14-8-10-16-28-19-17-27(18-20-28)15-9-6-7-11-21-30-25(29)13-5-2/h5-7,12,14H,2,4,8-11,13,15-21H2,1,3H3/b7-6+,23-14-,24-12-. The molecule has 0 amide bonds. The summed E-state index contributed by atoms with van der Waals surface area (Å²) in [5.41, 5.74) is 1.92. The number of esters is 1. The van der Waals surface area contributed by atoms with Crippen LogP contribution in [0.5, 0.6) is 0 Å². The van der Waals surface area contributed by atoms with E-state index in [1.807, 2.05) is 13.0 Å². The third-order valence-corrected chi connectivity index (χ3v) is 5.18. The Kier molecular flexibility index (Phi) is 14.3. The molecule has 0 atom stereocenters. The molecule has 0 radical (unpaired) electrons. The molecule has 30 heavy (non-hydrogen) atoms. The zero-order valence-electron chi connectivity index (χ0n) is 18.9. The van der Waals surface area contributed by atoms with E-state index in [1.165, 1.54) is 0 Å². The van der Waals surface area contributed by atoms with Gasteiger partial charge in [0.05, 0.1) is 24.7 Å². The highest BCUT2D eigenvalue weighted by Gasteiger charge is 2.15. The summed E-state index contributed by atoms with van der Waals surface area (Å²) < 4.78 is 5.07. The molecule has 1 fully saturated rings. The van der Waals surface area contributed by atoms with Crippen molar-refractivity contribution in [1.29, 1.82) is 5.26 Å². The van der Waals surface area contributed by atoms with Gasteiger partial charge in [0.2, 0.25) is 0 Å². The summed E-state index contributed by atoms with van der Waals surface area (Å²) >= 11 is 0. The van der Waals surface area contributed by atoms with Crippen molar-refractivity contribution < 1.29 is 9.53 Å². The SMILES string of the molecule is C=CCC(=O)OCC/C=C/CCN1CCN(CCC/C=C(C)\C(C#N)=C/CC)CC1. The lowest BCUT2D eigenvalue weighted by Gasteiger charge is -2.34. The highest BCUT2D eigenvalue weighted by Crippen LogP contribution is 2.12. The van der Waals surface area contributed by atoms with Crippen molar-refractivity contribution in [3.05, 3.63) is 48.1 Å². The molecule has 5 heteroatoms. The molecule has 1 heterocycles. The summed E-state index contributed by atoms with van der Waals surface area (Å²) in [5.74, 6) is -0.206. The maximum Gasteiger partial charge on any atom is 0.309 e. The Labute approximate surface area is 183 Å². The molecule has 0 aromatic carbocycles. The minimum absolute atomic E-state index is 0.206. The molecular weight excluding hydrogens is 374 g/mol. The van der Waals surface area contributed by atoms with Gasteiger partial charge in [-0.2, -0.15) is 5.26 Å². The van der Waals surface area contributed by atoms with Crippen LogP contribution in [-0.4, -0.2) is 61.6 Å². The quantitative estimate of drug-likeness (QED) is 0.136. The summed E-state index contributed by atoms with van der Waals surface area (Å²) in [7, 11) is 0. The second kappa shape index (κ2) is 16.6. The molecule has 0 bridgehead atoms. The van der Waals surface area contributed by atoms with Crippen molar-refractivity contribution in [1.82, 2.24) is 9.80 Å². The molecule has 1 rings (SSSR count). The Hall–Kier alpha value is -2.16. The number of piperazine rings is 1. The first-order valence-corrected chi connectivity index (χ1v) is 11.2. The number of carbonyl (C=O) groups is 1. The minimum atomic E-state index is -0.206. The van der Waals surface area contributed by atoms with Crippen LogP contribution in [0.4, 0.5) is 0 Å². The van der Waals surface area contributed by atoms with E-state index in [9.17, 15) is 4.79 Å². The van der Waals surface area contributed by atoms with Crippen LogP contribution in [0, 0.1) is 11.3 Å². The molecule has 1 aliphatic rings. The average molecular weight is 414 g/mol. The molecule has 1 saturated heterocycles. The first-order chi connectivity index (χ1) is 14.6. The molecule has 1 aliphatic heterocycles. The van der Waals surface area contributed by atoms with E-state index in [0.717, 1.165) is 82.5 Å². The molecule has 0 spiro atoms. The van der Waals surface area contributed by atoms with Crippen LogP contribution in [0.3, 0.4) is 0 Å². The zero-order valence-corrected chi connectivity index (χ0v) is 18.9. The predicted molar refractivity (Wildman–Crippen MR) is 124 cm³/mol. The predicted octanol–water partition coefficient (Wildman–Crippen LogP) is 4.65. The van der Waals surface area contributed by atoms with E-state index in [-0.39, 0.29) is 12.4 Å². The van der Waals surface area contributed by atoms with Gasteiger partial charge in [-0.3, -0.25) is 4.79 Å². The number of rotatable bonds is 14. The fourth-order valence-corrected chi connectivity index (χ4v) is 3.39. The van der Waals surface area contributed by atoms with E-state index < -0.39 is 0 Å². The van der Waals surface area contributed by atoms with Crippen molar-refractivity contribution in [2.75, 3.05) is 45.9 Å². The van der Waals surface area contributed by atoms with Crippen LogP contribution in [0.25, 0.3) is 0 Å². The molecule has 0 saturated carbocycles. The lowest BCUT2D eigenvalue weighted by molar-refractivity contribution is -0.142. The Morgan fingerprint density at radius 3 is 2.37 bits per heavy atom. The van der Waals surface area contributed by atoms with Gasteiger partial charge in [0.25, 0.3) is 0 Å². The van der Waals surface area contributed by atoms with E-state index in [4.69, 9.17) is 10.00 Å². The number of carbonyl (C=O) groups excluding carboxylic acids is 1. The third kappa shape index (κ3) is 11.7. The number of ether oxygens (including phenoxy) is 1. The molecule has 0 unspecified atom stereocenters. The Bertz CT molecular complexity index is 635. The molecule has 0 aromatic rings. The Morgan fingerprint density at radius 1 is 1.07 bits per heavy atom. The van der Waals surface area contributed by atoms with Crippen LogP contribution >= 0.6 is 0 Å². The highest BCUT2D eigenvalue weighted by atomic mass is 16.5. The number of nitriles is 1. The second-order valence-corrected chi connectivity index (χ2v) is 7.61. The van der Waals surface area contributed by atoms with Gasteiger partial charge in [0.1, 0.15) is 0 Å². The van der Waals surface area contributed by atoms with Crippen LogP contribution in [-0.2, 0) is 9.53 Å². The summed E-state index contributed by atoms with van der Waals surface area (Å²) in [6, 6.07) is 2.29. The number of hydrogen-bond acceptors (Lipinski definition) is 5. The minimum Gasteiger partial charge on any atom is -0.465 e. The molecule has 0 aromatic heterocycles. The zero-order chi connectivity index (χ0) is 22.0. The number of unbranched alkanes of at least 4 members (excludes halogenated alkanes) is 1. The lowest BCUT2D eigenvalue weighted by Crippen LogP contribution is -2.46. The van der Waals surface area contributed by atoms with E-state index in [0.29, 0.717) is 6.61 Å². The first kappa shape index (κ1) is 25.9. The van der Waals surface area contributed by atoms with Gasteiger partial charge < -0.3 is 14.5 Å². The number of nitrogens with zero attached hydrogens (tertiary/aromatic N) is 3. The highest BCUT2D eigenvalue weighted by molar-refractivity contribution is 5.70. The van der Waals surface area contributed by atoms with Crippen molar-refractivity contribution in [2.45, 2.75) is 52.4 Å². The molecule has 0 aliphatic carbocycles. The van der Waals surface area contributed by atoms with Crippen molar-refractivity contribution >= 4 is 5.97 Å². The fraction of sp³-hybridized carbons (Fsp3) is 0.600. The van der Waals surface area contributed by atoms with Gasteiger partial charge in [0, 0.05) is 32.7 Å². The summed E-state index contributed by atoms with van der Waals surface area (Å²) in [6.45, 7) is 14.8. The Morgan fingerprint density at radius 2 is 1.73 bits per heavy atom. The number of allylic oxidation sites excluding steroid dienone is 4. The van der Waals surface area contributed by atoms with Crippen molar-refractivity contribution in [2.24, 2.45) is 0 Å². The van der Waals surface area contributed by atoms with Gasteiger partial charge in [-0.25, -0.2) is 0 Å². The Balaban J connectivity index is 2.10. The third-order valence-electron chi connectivity index (χ3n) is 5.18. The molecule has 5 nitrogen and oxygen atoms in total. The normalized spacial score (nSPS) is 16.6. The van der Waals surface area contributed by atoms with Gasteiger partial charge >= 0.3 is 5.97 Å². The van der Waals surface area contributed by atoms with Crippen molar-refractivity contribution in [3.8, 4) is 6.07 Å². The van der Waals surface area contributed by atoms with E-state index in [1.54, 1.807) is 6.08 Å². The van der Waals surface area contributed by atoms with Crippen molar-refractivity contribution in [3.63, 3.8) is 0 Å². The number of hydrogen-bond donors (Lipinski definition) is 0. The van der Waals surface area contributed by atoms with Crippen LogP contribution in [0.2, 0.25) is 0 Å².